The van der Waals surface area contributed by atoms with Crippen molar-refractivity contribution in [2.45, 2.75) is 78.0 Å². The SMILES string of the molecule is CC1CCC(Cn2c(N3CCCC3C(C)C)nc3cc(C4NOC(=O)N4)nc(-c4cncc(Cl)c4)c32)CC1. The quantitative estimate of drug-likeness (QED) is 0.407. The number of hydrogen-bond acceptors (Lipinski definition) is 7. The fourth-order valence-corrected chi connectivity index (χ4v) is 6.55. The Morgan fingerprint density at radius 1 is 1.13 bits per heavy atom. The number of hydroxylamine groups is 1. The van der Waals surface area contributed by atoms with Gasteiger partial charge in [-0.3, -0.25) is 10.3 Å². The van der Waals surface area contributed by atoms with Crippen LogP contribution in [-0.4, -0.2) is 38.2 Å². The number of pyridine rings is 2. The molecular weight excluding hydrogens is 502 g/mol. The van der Waals surface area contributed by atoms with Crippen molar-refractivity contribution in [2.24, 2.45) is 17.8 Å². The van der Waals surface area contributed by atoms with Crippen LogP contribution < -0.4 is 15.7 Å². The standard InChI is InChI=1S/C28H36ClN7O2/c1-16(2)23-5-4-10-35(23)27-32-21-12-22(26-33-28(37)38-34-26)31-24(19-11-20(29)14-30-13-19)25(21)36(27)15-18-8-6-17(3)7-9-18/h11-14,16-18,23,26,34H,4-10,15H2,1-3H3,(H,33,37). The van der Waals surface area contributed by atoms with Crippen LogP contribution >= 0.6 is 11.6 Å². The summed E-state index contributed by atoms with van der Waals surface area (Å²) in [6, 6.07) is 4.31. The largest absolute Gasteiger partial charge is 0.427 e. The Bertz CT molecular complexity index is 1330. The lowest BCUT2D eigenvalue weighted by molar-refractivity contribution is 0.121. The van der Waals surface area contributed by atoms with Gasteiger partial charge in [-0.1, -0.05) is 45.2 Å². The molecule has 2 N–H and O–H groups in total. The summed E-state index contributed by atoms with van der Waals surface area (Å²) >= 11 is 6.39. The third kappa shape index (κ3) is 4.82. The van der Waals surface area contributed by atoms with Gasteiger partial charge in [-0.15, -0.1) is 5.48 Å². The maximum atomic E-state index is 11.8. The monoisotopic (exact) mass is 537 g/mol. The number of amides is 1. The minimum Gasteiger partial charge on any atom is -0.351 e. The first-order chi connectivity index (χ1) is 18.4. The summed E-state index contributed by atoms with van der Waals surface area (Å²) in [7, 11) is 0. The molecule has 1 amide bonds. The number of halogens is 1. The lowest BCUT2D eigenvalue weighted by atomic mass is 9.83. The molecule has 1 saturated carbocycles. The molecule has 3 aromatic rings. The van der Waals surface area contributed by atoms with Gasteiger partial charge < -0.3 is 14.3 Å². The van der Waals surface area contributed by atoms with Gasteiger partial charge in [-0.2, -0.15) is 0 Å². The highest BCUT2D eigenvalue weighted by Crippen LogP contribution is 2.39. The molecule has 1 aliphatic carbocycles. The van der Waals surface area contributed by atoms with Crippen molar-refractivity contribution in [3.63, 3.8) is 0 Å². The first-order valence-corrected chi connectivity index (χ1v) is 14.3. The molecule has 0 aromatic carbocycles. The van der Waals surface area contributed by atoms with Crippen molar-refractivity contribution in [2.75, 3.05) is 11.4 Å². The topological polar surface area (TPSA) is 97.2 Å². The second kappa shape index (κ2) is 10.3. The number of rotatable bonds is 6. The van der Waals surface area contributed by atoms with Crippen molar-refractivity contribution in [1.82, 2.24) is 30.3 Å². The highest BCUT2D eigenvalue weighted by atomic mass is 35.5. The van der Waals surface area contributed by atoms with Crippen molar-refractivity contribution in [1.29, 1.82) is 0 Å². The molecule has 38 heavy (non-hydrogen) atoms. The van der Waals surface area contributed by atoms with Gasteiger partial charge in [0.2, 0.25) is 5.95 Å². The minimum absolute atomic E-state index is 0.449. The van der Waals surface area contributed by atoms with E-state index in [1.807, 2.05) is 12.1 Å². The van der Waals surface area contributed by atoms with E-state index < -0.39 is 12.3 Å². The van der Waals surface area contributed by atoms with Crippen molar-refractivity contribution in [3.8, 4) is 11.3 Å². The number of fused-ring (bicyclic) bond motifs is 1. The van der Waals surface area contributed by atoms with E-state index in [1.54, 1.807) is 12.4 Å². The molecular formula is C28H36ClN7O2. The zero-order valence-electron chi connectivity index (χ0n) is 22.3. The Labute approximate surface area is 228 Å². The smallest absolute Gasteiger partial charge is 0.351 e. The number of aromatic nitrogens is 4. The Morgan fingerprint density at radius 3 is 2.66 bits per heavy atom. The van der Waals surface area contributed by atoms with Gasteiger partial charge in [0.15, 0.2) is 6.17 Å². The molecule has 0 radical (unpaired) electrons. The summed E-state index contributed by atoms with van der Waals surface area (Å²) in [4.78, 5) is 33.9. The molecule has 6 rings (SSSR count). The van der Waals surface area contributed by atoms with Crippen LogP contribution in [0.3, 0.4) is 0 Å². The predicted octanol–water partition coefficient (Wildman–Crippen LogP) is 5.84. The van der Waals surface area contributed by atoms with Crippen LogP contribution in [0.15, 0.2) is 24.5 Å². The van der Waals surface area contributed by atoms with E-state index >= 15 is 0 Å². The highest BCUT2D eigenvalue weighted by molar-refractivity contribution is 6.30. The maximum absolute atomic E-state index is 11.8. The van der Waals surface area contributed by atoms with Crippen LogP contribution in [0.4, 0.5) is 10.7 Å². The molecule has 3 aromatic heterocycles. The number of carbonyl (C=O) groups excluding carboxylic acids is 1. The predicted molar refractivity (Wildman–Crippen MR) is 148 cm³/mol. The van der Waals surface area contributed by atoms with Gasteiger partial charge >= 0.3 is 6.09 Å². The van der Waals surface area contributed by atoms with Crippen LogP contribution in [0.2, 0.25) is 5.02 Å². The maximum Gasteiger partial charge on any atom is 0.427 e. The van der Waals surface area contributed by atoms with E-state index in [-0.39, 0.29) is 0 Å². The molecule has 202 valence electrons. The third-order valence-electron chi connectivity index (χ3n) is 8.43. The van der Waals surface area contributed by atoms with Gasteiger partial charge in [0.1, 0.15) is 0 Å². The van der Waals surface area contributed by atoms with E-state index in [0.717, 1.165) is 53.7 Å². The van der Waals surface area contributed by atoms with E-state index in [9.17, 15) is 4.79 Å². The number of nitrogens with one attached hydrogen (secondary N) is 2. The summed E-state index contributed by atoms with van der Waals surface area (Å²) in [5.41, 5.74) is 6.79. The number of imidazole rings is 1. The van der Waals surface area contributed by atoms with Gasteiger partial charge in [-0.05, 0) is 55.6 Å². The van der Waals surface area contributed by atoms with Crippen molar-refractivity contribution >= 4 is 34.7 Å². The molecule has 3 fully saturated rings. The molecule has 3 aliphatic rings. The Morgan fingerprint density at radius 2 is 1.95 bits per heavy atom. The summed E-state index contributed by atoms with van der Waals surface area (Å²) in [5, 5.41) is 3.32. The van der Waals surface area contributed by atoms with Gasteiger partial charge in [-0.25, -0.2) is 14.8 Å². The second-order valence-corrected chi connectivity index (χ2v) is 12.0. The Kier molecular flexibility index (Phi) is 6.90. The van der Waals surface area contributed by atoms with Crippen LogP contribution in [-0.2, 0) is 11.4 Å². The fourth-order valence-electron chi connectivity index (χ4n) is 6.37. The van der Waals surface area contributed by atoms with Crippen molar-refractivity contribution < 1.29 is 9.63 Å². The van der Waals surface area contributed by atoms with Crippen LogP contribution in [0.5, 0.6) is 0 Å². The summed E-state index contributed by atoms with van der Waals surface area (Å²) in [6.07, 6.45) is 9.65. The molecule has 9 nitrogen and oxygen atoms in total. The van der Waals surface area contributed by atoms with Crippen LogP contribution in [0, 0.1) is 17.8 Å². The van der Waals surface area contributed by atoms with Gasteiger partial charge in [0.25, 0.3) is 0 Å². The van der Waals surface area contributed by atoms with Crippen LogP contribution in [0.25, 0.3) is 22.3 Å². The zero-order valence-corrected chi connectivity index (χ0v) is 23.0. The summed E-state index contributed by atoms with van der Waals surface area (Å²) in [6.45, 7) is 8.87. The number of anilines is 1. The molecule has 0 spiro atoms. The second-order valence-electron chi connectivity index (χ2n) is 11.5. The van der Waals surface area contributed by atoms with E-state index in [2.05, 4.69) is 46.0 Å². The molecule has 10 heteroatoms. The van der Waals surface area contributed by atoms with E-state index in [4.69, 9.17) is 26.4 Å². The minimum atomic E-state index is -0.568. The number of hydrogen-bond donors (Lipinski definition) is 2. The van der Waals surface area contributed by atoms with E-state index in [1.165, 1.54) is 32.1 Å². The Balaban J connectivity index is 1.54. The molecule has 2 saturated heterocycles. The lowest BCUT2D eigenvalue weighted by Crippen LogP contribution is -2.35. The summed E-state index contributed by atoms with van der Waals surface area (Å²) < 4.78 is 2.42. The zero-order chi connectivity index (χ0) is 26.4. The Hall–Kier alpha value is -2.91. The van der Waals surface area contributed by atoms with E-state index in [0.29, 0.717) is 28.6 Å². The first kappa shape index (κ1) is 25.4. The third-order valence-corrected chi connectivity index (χ3v) is 8.64. The first-order valence-electron chi connectivity index (χ1n) is 13.9. The number of carbonyl (C=O) groups is 1. The molecule has 2 unspecified atom stereocenters. The molecule has 2 atom stereocenters. The fraction of sp³-hybridized carbons (Fsp3) is 0.571. The molecule has 5 heterocycles. The molecule has 0 bridgehead atoms. The van der Waals surface area contributed by atoms with Crippen molar-refractivity contribution in [3.05, 3.63) is 35.2 Å². The average Bonchev–Trinajstić information content (AvgIpc) is 3.63. The normalized spacial score (nSPS) is 25.8. The highest BCUT2D eigenvalue weighted by Gasteiger charge is 2.34. The van der Waals surface area contributed by atoms with Crippen LogP contribution in [0.1, 0.15) is 71.2 Å². The average molecular weight is 538 g/mol. The number of nitrogens with zero attached hydrogens (tertiary/aromatic N) is 5. The summed E-state index contributed by atoms with van der Waals surface area (Å²) in [5.74, 6) is 2.94. The molecule has 2 aliphatic heterocycles. The van der Waals surface area contributed by atoms with Gasteiger partial charge in [0.05, 0.1) is 27.4 Å². The van der Waals surface area contributed by atoms with Gasteiger partial charge in [0, 0.05) is 37.1 Å². The lowest BCUT2D eigenvalue weighted by Gasteiger charge is -2.31.